The Bertz CT molecular complexity index is 485. The summed E-state index contributed by atoms with van der Waals surface area (Å²) in [7, 11) is 2.48. The summed E-state index contributed by atoms with van der Waals surface area (Å²) >= 11 is 0. The number of hydrogen-bond acceptors (Lipinski definition) is 6. The molecule has 7 heteroatoms. The normalized spacial score (nSPS) is 11.7. The van der Waals surface area contributed by atoms with E-state index in [9.17, 15) is 14.7 Å². The first-order valence-corrected chi connectivity index (χ1v) is 4.90. The number of ether oxygens (including phenoxy) is 2. The van der Waals surface area contributed by atoms with Crippen LogP contribution in [0.15, 0.2) is 12.1 Å². The number of rotatable bonds is 4. The molecule has 0 saturated heterocycles. The van der Waals surface area contributed by atoms with Gasteiger partial charge in [-0.2, -0.15) is 0 Å². The minimum Gasteiger partial charge on any atom is -0.507 e. The molecule has 0 aliphatic heterocycles. The van der Waals surface area contributed by atoms with Crippen molar-refractivity contribution >= 4 is 11.9 Å². The van der Waals surface area contributed by atoms with Crippen LogP contribution >= 0.6 is 0 Å². The van der Waals surface area contributed by atoms with Gasteiger partial charge in [-0.05, 0) is 6.07 Å². The molecule has 1 aromatic carbocycles. The van der Waals surface area contributed by atoms with Gasteiger partial charge in [-0.25, -0.2) is 4.79 Å². The lowest BCUT2D eigenvalue weighted by atomic mass is 10.0. The lowest BCUT2D eigenvalue weighted by Gasteiger charge is -2.13. The maximum absolute atomic E-state index is 11.5. The Morgan fingerprint density at radius 1 is 1.33 bits per heavy atom. The van der Waals surface area contributed by atoms with Crippen LogP contribution in [0.1, 0.15) is 22.0 Å². The van der Waals surface area contributed by atoms with Crippen LogP contribution in [0, 0.1) is 0 Å². The van der Waals surface area contributed by atoms with E-state index in [-0.39, 0.29) is 22.6 Å². The van der Waals surface area contributed by atoms with E-state index < -0.39 is 18.0 Å². The second-order valence-corrected chi connectivity index (χ2v) is 3.42. The van der Waals surface area contributed by atoms with Gasteiger partial charge < -0.3 is 25.4 Å². The molecule has 1 rings (SSSR count). The number of benzene rings is 1. The largest absolute Gasteiger partial charge is 0.507 e. The first-order chi connectivity index (χ1) is 8.42. The average Bonchev–Trinajstić information content (AvgIpc) is 2.36. The number of carboxylic acid groups (broad SMARTS) is 1. The molecule has 0 aliphatic carbocycles. The van der Waals surface area contributed by atoms with E-state index in [4.69, 9.17) is 15.6 Å². The lowest BCUT2D eigenvalue weighted by molar-refractivity contribution is -0.138. The van der Waals surface area contributed by atoms with Crippen LogP contribution in [-0.2, 0) is 9.53 Å². The van der Waals surface area contributed by atoms with Gasteiger partial charge in [-0.3, -0.25) is 4.79 Å². The third-order valence-electron chi connectivity index (χ3n) is 2.36. The molecule has 0 spiro atoms. The summed E-state index contributed by atoms with van der Waals surface area (Å²) in [5.41, 5.74) is 5.28. The number of hydrogen-bond donors (Lipinski definition) is 3. The predicted molar refractivity (Wildman–Crippen MR) is 60.6 cm³/mol. The van der Waals surface area contributed by atoms with Gasteiger partial charge in [0.15, 0.2) is 0 Å². The second-order valence-electron chi connectivity index (χ2n) is 3.42. The number of aliphatic carboxylic acids is 1. The lowest BCUT2D eigenvalue weighted by Crippen LogP contribution is -2.21. The molecule has 98 valence electrons. The number of carbonyl (C=O) groups excluding carboxylic acids is 1. The summed E-state index contributed by atoms with van der Waals surface area (Å²) in [5, 5.41) is 18.4. The van der Waals surface area contributed by atoms with Gasteiger partial charge in [-0.1, -0.05) is 0 Å². The summed E-state index contributed by atoms with van der Waals surface area (Å²) in [4.78, 5) is 22.3. The van der Waals surface area contributed by atoms with E-state index in [2.05, 4.69) is 4.74 Å². The number of esters is 1. The third kappa shape index (κ3) is 2.51. The molecule has 0 fully saturated rings. The molecule has 7 nitrogen and oxygen atoms in total. The predicted octanol–water partition coefficient (Wildman–Crippen LogP) is 0.272. The number of nitrogens with two attached hydrogens (primary N) is 1. The molecular formula is C11H13NO6. The standard InChI is InChI=1S/C11H13NO6/c1-17-8-4-7(13)5(9(12)10(14)15)3-6(8)11(16)18-2/h3-4,9,13H,12H2,1-2H3,(H,14,15). The van der Waals surface area contributed by atoms with Crippen molar-refractivity contribution in [3.05, 3.63) is 23.3 Å². The molecule has 0 radical (unpaired) electrons. The van der Waals surface area contributed by atoms with Gasteiger partial charge in [0, 0.05) is 11.6 Å². The van der Waals surface area contributed by atoms with Crippen LogP contribution in [-0.4, -0.2) is 36.4 Å². The summed E-state index contributed by atoms with van der Waals surface area (Å²) in [6.07, 6.45) is 0. The van der Waals surface area contributed by atoms with Crippen molar-refractivity contribution in [3.63, 3.8) is 0 Å². The molecule has 0 amide bonds. The Kier molecular flexibility index (Phi) is 4.11. The Balaban J connectivity index is 3.38. The van der Waals surface area contributed by atoms with Crippen molar-refractivity contribution in [1.29, 1.82) is 0 Å². The monoisotopic (exact) mass is 255 g/mol. The minimum atomic E-state index is -1.45. The van der Waals surface area contributed by atoms with Gasteiger partial charge >= 0.3 is 11.9 Å². The van der Waals surface area contributed by atoms with Crippen molar-refractivity contribution in [2.45, 2.75) is 6.04 Å². The number of aromatic hydroxyl groups is 1. The molecule has 0 aliphatic rings. The molecule has 18 heavy (non-hydrogen) atoms. The summed E-state index contributed by atoms with van der Waals surface area (Å²) in [6, 6.07) is 0.808. The number of methoxy groups -OCH3 is 2. The number of phenols is 1. The summed E-state index contributed by atoms with van der Waals surface area (Å²) in [5.74, 6) is -2.34. The Hall–Kier alpha value is -2.28. The molecule has 0 aromatic heterocycles. The molecular weight excluding hydrogens is 242 g/mol. The maximum atomic E-state index is 11.5. The second kappa shape index (κ2) is 5.37. The first-order valence-electron chi connectivity index (χ1n) is 4.90. The molecule has 0 saturated carbocycles. The number of carboxylic acids is 1. The van der Waals surface area contributed by atoms with Gasteiger partial charge in [0.1, 0.15) is 23.1 Å². The SMILES string of the molecule is COC(=O)c1cc(C(N)C(=O)O)c(O)cc1OC. The van der Waals surface area contributed by atoms with Crippen LogP contribution in [0.25, 0.3) is 0 Å². The van der Waals surface area contributed by atoms with Crippen molar-refractivity contribution in [2.75, 3.05) is 14.2 Å². The number of phenolic OH excluding ortho intramolecular Hbond substituents is 1. The van der Waals surface area contributed by atoms with Crippen molar-refractivity contribution < 1.29 is 29.3 Å². The highest BCUT2D eigenvalue weighted by atomic mass is 16.5. The van der Waals surface area contributed by atoms with Crippen molar-refractivity contribution in [2.24, 2.45) is 5.73 Å². The molecule has 0 heterocycles. The van der Waals surface area contributed by atoms with E-state index in [0.717, 1.165) is 12.1 Å². The summed E-state index contributed by atoms with van der Waals surface area (Å²) < 4.78 is 9.42. The highest BCUT2D eigenvalue weighted by Crippen LogP contribution is 2.31. The summed E-state index contributed by atoms with van der Waals surface area (Å²) in [6.45, 7) is 0. The number of carbonyl (C=O) groups is 2. The zero-order valence-electron chi connectivity index (χ0n) is 9.84. The quantitative estimate of drug-likeness (QED) is 0.660. The van der Waals surface area contributed by atoms with Crippen LogP contribution < -0.4 is 10.5 Å². The van der Waals surface area contributed by atoms with Gasteiger partial charge in [-0.15, -0.1) is 0 Å². The van der Waals surface area contributed by atoms with Crippen LogP contribution in [0.3, 0.4) is 0 Å². The first kappa shape index (κ1) is 13.8. The van der Waals surface area contributed by atoms with E-state index in [1.807, 2.05) is 0 Å². The Labute approximate surface area is 103 Å². The smallest absolute Gasteiger partial charge is 0.341 e. The third-order valence-corrected chi connectivity index (χ3v) is 2.36. The van der Waals surface area contributed by atoms with E-state index in [0.29, 0.717) is 0 Å². The van der Waals surface area contributed by atoms with Gasteiger partial charge in [0.25, 0.3) is 0 Å². The fraction of sp³-hybridized carbons (Fsp3) is 0.273. The maximum Gasteiger partial charge on any atom is 0.341 e. The van der Waals surface area contributed by atoms with Crippen molar-refractivity contribution in [1.82, 2.24) is 0 Å². The zero-order chi connectivity index (χ0) is 13.9. The Morgan fingerprint density at radius 3 is 2.39 bits per heavy atom. The topological polar surface area (TPSA) is 119 Å². The molecule has 0 bridgehead atoms. The van der Waals surface area contributed by atoms with Crippen LogP contribution in [0.2, 0.25) is 0 Å². The van der Waals surface area contributed by atoms with Crippen LogP contribution in [0.4, 0.5) is 0 Å². The highest BCUT2D eigenvalue weighted by Gasteiger charge is 2.23. The fourth-order valence-corrected chi connectivity index (χ4v) is 1.41. The van der Waals surface area contributed by atoms with Gasteiger partial charge in [0.05, 0.1) is 14.2 Å². The van der Waals surface area contributed by atoms with Gasteiger partial charge in [0.2, 0.25) is 0 Å². The average molecular weight is 255 g/mol. The molecule has 1 atom stereocenters. The Morgan fingerprint density at radius 2 is 1.94 bits per heavy atom. The zero-order valence-corrected chi connectivity index (χ0v) is 9.84. The van der Waals surface area contributed by atoms with E-state index >= 15 is 0 Å². The van der Waals surface area contributed by atoms with Crippen molar-refractivity contribution in [3.8, 4) is 11.5 Å². The van der Waals surface area contributed by atoms with E-state index in [1.165, 1.54) is 14.2 Å². The fourth-order valence-electron chi connectivity index (χ4n) is 1.41. The van der Waals surface area contributed by atoms with E-state index in [1.54, 1.807) is 0 Å². The van der Waals surface area contributed by atoms with Crippen LogP contribution in [0.5, 0.6) is 11.5 Å². The minimum absolute atomic E-state index is 0.00972. The highest BCUT2D eigenvalue weighted by molar-refractivity contribution is 5.93. The molecule has 4 N–H and O–H groups in total. The molecule has 1 aromatic rings. The molecule has 1 unspecified atom stereocenters.